The normalized spacial score (nSPS) is 20.8. The maximum absolute atomic E-state index is 13.6. The average molecular weight is 511 g/mol. The molecule has 8 nitrogen and oxygen atoms in total. The SMILES string of the molecule is O=C([C@H](CCC1COC1)c1ccccc1)N1CC2=C(C1)CN(S(=O)(=O)c1ccc3c(c1)OCCO3)C2. The summed E-state index contributed by atoms with van der Waals surface area (Å²) >= 11 is 0. The number of nitrogens with zero attached hydrogens (tertiary/aromatic N) is 2. The van der Waals surface area contributed by atoms with Crippen molar-refractivity contribution in [2.45, 2.75) is 23.7 Å². The van der Waals surface area contributed by atoms with Crippen LogP contribution in [0.15, 0.2) is 64.6 Å². The second-order valence-corrected chi connectivity index (χ2v) is 11.9. The Kier molecular flexibility index (Phi) is 6.23. The van der Waals surface area contributed by atoms with Crippen LogP contribution in [0.25, 0.3) is 0 Å². The molecule has 1 fully saturated rings. The van der Waals surface area contributed by atoms with Crippen molar-refractivity contribution in [3.63, 3.8) is 0 Å². The van der Waals surface area contributed by atoms with E-state index < -0.39 is 10.0 Å². The summed E-state index contributed by atoms with van der Waals surface area (Å²) in [7, 11) is -3.69. The lowest BCUT2D eigenvalue weighted by atomic mass is 9.88. The fraction of sp³-hybridized carbons (Fsp3) is 0.444. The minimum atomic E-state index is -3.69. The second-order valence-electron chi connectivity index (χ2n) is 9.92. The number of fused-ring (bicyclic) bond motifs is 1. The minimum Gasteiger partial charge on any atom is -0.486 e. The molecule has 0 radical (unpaired) electrons. The first kappa shape index (κ1) is 23.5. The molecule has 1 amide bonds. The Morgan fingerprint density at radius 1 is 0.917 bits per heavy atom. The number of sulfonamides is 1. The maximum Gasteiger partial charge on any atom is 0.243 e. The van der Waals surface area contributed by atoms with Crippen molar-refractivity contribution in [2.24, 2.45) is 5.92 Å². The molecule has 0 aromatic heterocycles. The summed E-state index contributed by atoms with van der Waals surface area (Å²) < 4.78 is 44.6. The molecule has 4 aliphatic rings. The van der Waals surface area contributed by atoms with Gasteiger partial charge < -0.3 is 19.1 Å². The van der Waals surface area contributed by atoms with E-state index >= 15 is 0 Å². The van der Waals surface area contributed by atoms with Gasteiger partial charge in [0.1, 0.15) is 13.2 Å². The lowest BCUT2D eigenvalue weighted by Gasteiger charge is -2.30. The van der Waals surface area contributed by atoms with Gasteiger partial charge in [0.05, 0.1) is 24.0 Å². The van der Waals surface area contributed by atoms with Crippen LogP contribution in [0.2, 0.25) is 0 Å². The number of carbonyl (C=O) groups is 1. The van der Waals surface area contributed by atoms with E-state index in [1.54, 1.807) is 18.2 Å². The number of ether oxygens (including phenoxy) is 3. The van der Waals surface area contributed by atoms with Crippen molar-refractivity contribution < 1.29 is 27.4 Å². The smallest absolute Gasteiger partial charge is 0.243 e. The molecule has 0 saturated carbocycles. The molecule has 4 aliphatic heterocycles. The van der Waals surface area contributed by atoms with E-state index in [1.807, 2.05) is 35.2 Å². The molecule has 0 aliphatic carbocycles. The first-order chi connectivity index (χ1) is 17.5. The number of rotatable bonds is 7. The van der Waals surface area contributed by atoms with E-state index in [0.717, 1.165) is 42.8 Å². The summed E-state index contributed by atoms with van der Waals surface area (Å²) in [5.41, 5.74) is 3.10. The number of amides is 1. The monoisotopic (exact) mass is 510 g/mol. The van der Waals surface area contributed by atoms with E-state index in [0.29, 0.717) is 56.8 Å². The average Bonchev–Trinajstić information content (AvgIpc) is 3.46. The summed E-state index contributed by atoms with van der Waals surface area (Å²) in [5.74, 6) is 1.49. The van der Waals surface area contributed by atoms with E-state index in [1.165, 1.54) is 4.31 Å². The lowest BCUT2D eigenvalue weighted by molar-refractivity contribution is -0.132. The topological polar surface area (TPSA) is 85.4 Å². The Bertz CT molecular complexity index is 1270. The van der Waals surface area contributed by atoms with Crippen molar-refractivity contribution >= 4 is 15.9 Å². The highest BCUT2D eigenvalue weighted by molar-refractivity contribution is 7.89. The Balaban J connectivity index is 1.12. The standard InChI is InChI=1S/C27H30N2O6S/c30-27(24(8-6-19-17-33-18-19)20-4-2-1-3-5-20)28-13-21-15-29(16-22(21)14-28)36(31,32)23-7-9-25-26(12-23)35-11-10-34-25/h1-5,7,9,12,19,24H,6,8,10-11,13-18H2/t24-/m1/s1. The number of hydrogen-bond donors (Lipinski definition) is 0. The quantitative estimate of drug-likeness (QED) is 0.533. The van der Waals surface area contributed by atoms with Crippen LogP contribution in [-0.4, -0.2) is 76.1 Å². The molecule has 1 atom stereocenters. The lowest BCUT2D eigenvalue weighted by Crippen LogP contribution is -2.39. The van der Waals surface area contributed by atoms with E-state index in [2.05, 4.69) is 0 Å². The molecule has 0 unspecified atom stereocenters. The van der Waals surface area contributed by atoms with Crippen LogP contribution < -0.4 is 9.47 Å². The van der Waals surface area contributed by atoms with Crippen LogP contribution in [0.4, 0.5) is 0 Å². The molecular formula is C27H30N2O6S. The van der Waals surface area contributed by atoms with Crippen molar-refractivity contribution in [3.8, 4) is 11.5 Å². The van der Waals surface area contributed by atoms with Gasteiger partial charge in [-0.25, -0.2) is 8.42 Å². The van der Waals surface area contributed by atoms with Crippen LogP contribution in [0.3, 0.4) is 0 Å². The second kappa shape index (κ2) is 9.53. The molecule has 2 aromatic carbocycles. The minimum absolute atomic E-state index is 0.122. The number of benzene rings is 2. The van der Waals surface area contributed by atoms with Crippen molar-refractivity contribution in [2.75, 3.05) is 52.6 Å². The number of carbonyl (C=O) groups excluding carboxylic acids is 1. The van der Waals surface area contributed by atoms with Gasteiger partial charge in [0.15, 0.2) is 11.5 Å². The molecule has 1 saturated heterocycles. The van der Waals surface area contributed by atoms with Crippen LogP contribution >= 0.6 is 0 Å². The molecule has 0 bridgehead atoms. The predicted molar refractivity (Wildman–Crippen MR) is 133 cm³/mol. The largest absolute Gasteiger partial charge is 0.486 e. The van der Waals surface area contributed by atoms with Crippen LogP contribution in [0.1, 0.15) is 24.3 Å². The van der Waals surface area contributed by atoms with E-state index in [9.17, 15) is 13.2 Å². The van der Waals surface area contributed by atoms with Gasteiger partial charge in [0.2, 0.25) is 15.9 Å². The molecular weight excluding hydrogens is 480 g/mol. The number of hydrogen-bond acceptors (Lipinski definition) is 6. The zero-order chi connectivity index (χ0) is 24.7. The zero-order valence-electron chi connectivity index (χ0n) is 20.1. The van der Waals surface area contributed by atoms with Gasteiger partial charge in [-0.1, -0.05) is 30.3 Å². The van der Waals surface area contributed by atoms with Gasteiger partial charge in [-0.05, 0) is 41.7 Å². The van der Waals surface area contributed by atoms with Gasteiger partial charge in [-0.2, -0.15) is 4.31 Å². The zero-order valence-corrected chi connectivity index (χ0v) is 20.9. The molecule has 190 valence electrons. The highest BCUT2D eigenvalue weighted by atomic mass is 32.2. The summed E-state index contributed by atoms with van der Waals surface area (Å²) in [4.78, 5) is 15.7. The fourth-order valence-corrected chi connectivity index (χ4v) is 6.84. The first-order valence-corrected chi connectivity index (χ1v) is 13.9. The van der Waals surface area contributed by atoms with Crippen LogP contribution in [0.5, 0.6) is 11.5 Å². The molecule has 36 heavy (non-hydrogen) atoms. The van der Waals surface area contributed by atoms with Gasteiger partial charge in [0.25, 0.3) is 0 Å². The van der Waals surface area contributed by atoms with Crippen LogP contribution in [0, 0.1) is 5.92 Å². The van der Waals surface area contributed by atoms with E-state index in [-0.39, 0.29) is 16.7 Å². The maximum atomic E-state index is 13.6. The van der Waals surface area contributed by atoms with Crippen molar-refractivity contribution in [1.29, 1.82) is 0 Å². The molecule has 2 aromatic rings. The highest BCUT2D eigenvalue weighted by Gasteiger charge is 2.39. The van der Waals surface area contributed by atoms with Gasteiger partial charge >= 0.3 is 0 Å². The summed E-state index contributed by atoms with van der Waals surface area (Å²) in [6.45, 7) is 4.01. The van der Waals surface area contributed by atoms with E-state index in [4.69, 9.17) is 14.2 Å². The van der Waals surface area contributed by atoms with Crippen molar-refractivity contribution in [3.05, 3.63) is 65.2 Å². The van der Waals surface area contributed by atoms with Gasteiger partial charge in [-0.15, -0.1) is 0 Å². The first-order valence-electron chi connectivity index (χ1n) is 12.5. The van der Waals surface area contributed by atoms with Crippen LogP contribution in [-0.2, 0) is 19.6 Å². The molecule has 9 heteroatoms. The Labute approximate surface area is 211 Å². The summed E-state index contributed by atoms with van der Waals surface area (Å²) in [6.07, 6.45) is 1.76. The molecule has 0 N–H and O–H groups in total. The third kappa shape index (κ3) is 4.40. The Morgan fingerprint density at radius 3 is 2.28 bits per heavy atom. The Morgan fingerprint density at radius 2 is 1.61 bits per heavy atom. The Hall–Kier alpha value is -2.88. The molecule has 4 heterocycles. The molecule has 6 rings (SSSR count). The summed E-state index contributed by atoms with van der Waals surface area (Å²) in [5, 5.41) is 0. The highest BCUT2D eigenvalue weighted by Crippen LogP contribution is 2.36. The third-order valence-corrected chi connectivity index (χ3v) is 9.32. The van der Waals surface area contributed by atoms with Gasteiger partial charge in [0, 0.05) is 38.2 Å². The fourth-order valence-electron chi connectivity index (χ4n) is 5.40. The predicted octanol–water partition coefficient (Wildman–Crippen LogP) is 2.81. The molecule has 0 spiro atoms. The van der Waals surface area contributed by atoms with Gasteiger partial charge in [-0.3, -0.25) is 4.79 Å². The van der Waals surface area contributed by atoms with Crippen molar-refractivity contribution in [1.82, 2.24) is 9.21 Å². The summed E-state index contributed by atoms with van der Waals surface area (Å²) in [6, 6.07) is 14.7. The third-order valence-electron chi connectivity index (χ3n) is 7.53.